The first-order valence-electron chi connectivity index (χ1n) is 13.7. The lowest BCUT2D eigenvalue weighted by Gasteiger charge is -2.35. The molecule has 0 unspecified atom stereocenters. The number of carbonyl (C=O) groups excluding carboxylic acids is 1. The maximum Gasteiger partial charge on any atom is 0.281 e. The van der Waals surface area contributed by atoms with Crippen LogP contribution in [0.1, 0.15) is 37.3 Å². The Balaban J connectivity index is 1.38. The zero-order valence-electron chi connectivity index (χ0n) is 23.1. The summed E-state index contributed by atoms with van der Waals surface area (Å²) >= 11 is 0. The summed E-state index contributed by atoms with van der Waals surface area (Å²) in [6.45, 7) is 9.75. The van der Waals surface area contributed by atoms with Crippen molar-refractivity contribution in [3.63, 3.8) is 0 Å². The standard InChI is InChI=1S/C28H35N7O4S/c1-4-5-6-11-29-25(36)18-33-12-14-34(15-13-33)21-8-9-22-23(17-21)35-26(30-27(22)37)28(31-32-35)40(38,39)24-10-7-19(2)16-20(24)3/h7-10,16-17,32H,4-6,11-15,18H2,1-3H3,(H,29,36). The SMILES string of the molecule is CCCCCNC(=O)CN1CCN(c2ccc3c(=O)nc4c(S(=O)(=O)c5ccc(C)cc5C)n[nH]n4c3c2)CC1. The number of hydrogen-bond acceptors (Lipinski definition) is 8. The van der Waals surface area contributed by atoms with Crippen LogP contribution in [-0.2, 0) is 14.6 Å². The molecule has 40 heavy (non-hydrogen) atoms. The summed E-state index contributed by atoms with van der Waals surface area (Å²) < 4.78 is 28.5. The molecule has 1 fully saturated rings. The van der Waals surface area contributed by atoms with Crippen molar-refractivity contribution in [1.82, 2.24) is 30.0 Å². The highest BCUT2D eigenvalue weighted by Crippen LogP contribution is 2.27. The van der Waals surface area contributed by atoms with Gasteiger partial charge in [-0.1, -0.05) is 37.5 Å². The molecule has 0 atom stereocenters. The highest BCUT2D eigenvalue weighted by Gasteiger charge is 2.28. The molecule has 2 aromatic carbocycles. The molecular formula is C28H35N7O4S. The number of carbonyl (C=O) groups is 1. The van der Waals surface area contributed by atoms with Crippen LogP contribution in [0, 0.1) is 13.8 Å². The van der Waals surface area contributed by atoms with Crippen molar-refractivity contribution in [3.05, 3.63) is 57.9 Å². The Hall–Kier alpha value is -3.77. The molecule has 0 saturated carbocycles. The van der Waals surface area contributed by atoms with Crippen LogP contribution in [0.25, 0.3) is 16.6 Å². The molecule has 0 radical (unpaired) electrons. The molecule has 0 bridgehead atoms. The number of unbranched alkanes of at least 4 members (excludes halogenated alkanes) is 2. The third-order valence-corrected chi connectivity index (χ3v) is 9.22. The largest absolute Gasteiger partial charge is 0.369 e. The van der Waals surface area contributed by atoms with E-state index in [0.717, 1.165) is 43.6 Å². The van der Waals surface area contributed by atoms with Crippen LogP contribution in [0.3, 0.4) is 0 Å². The number of nitrogens with zero attached hydrogens (tertiary/aromatic N) is 5. The number of amides is 1. The van der Waals surface area contributed by atoms with Crippen molar-refractivity contribution < 1.29 is 13.2 Å². The number of aromatic amines is 1. The Bertz CT molecular complexity index is 1720. The van der Waals surface area contributed by atoms with E-state index in [1.165, 1.54) is 4.52 Å². The number of fused-ring (bicyclic) bond motifs is 3. The Labute approximate surface area is 233 Å². The third-order valence-electron chi connectivity index (χ3n) is 7.40. The van der Waals surface area contributed by atoms with Gasteiger partial charge in [0.25, 0.3) is 5.56 Å². The van der Waals surface area contributed by atoms with Crippen LogP contribution in [0.5, 0.6) is 0 Å². The smallest absolute Gasteiger partial charge is 0.281 e. The maximum absolute atomic E-state index is 13.5. The minimum absolute atomic E-state index is 0.0376. The molecule has 1 saturated heterocycles. The molecule has 2 N–H and O–H groups in total. The lowest BCUT2D eigenvalue weighted by atomic mass is 10.2. The van der Waals surface area contributed by atoms with Gasteiger partial charge in [-0.15, -0.1) is 5.10 Å². The first-order chi connectivity index (χ1) is 19.2. The van der Waals surface area contributed by atoms with Gasteiger partial charge < -0.3 is 10.2 Å². The summed E-state index contributed by atoms with van der Waals surface area (Å²) in [5, 5.41) is 9.93. The number of rotatable bonds is 9. The average Bonchev–Trinajstić information content (AvgIpc) is 3.36. The number of aryl methyl sites for hydroxylation is 2. The fraction of sp³-hybridized carbons (Fsp3) is 0.429. The molecule has 3 heterocycles. The van der Waals surface area contributed by atoms with Gasteiger partial charge in [0.2, 0.25) is 20.8 Å². The average molecular weight is 566 g/mol. The fourth-order valence-electron chi connectivity index (χ4n) is 5.20. The van der Waals surface area contributed by atoms with E-state index in [1.54, 1.807) is 31.2 Å². The molecule has 1 amide bonds. The van der Waals surface area contributed by atoms with Gasteiger partial charge in [-0.05, 0) is 50.1 Å². The third kappa shape index (κ3) is 5.46. The van der Waals surface area contributed by atoms with E-state index in [0.29, 0.717) is 42.6 Å². The summed E-state index contributed by atoms with van der Waals surface area (Å²) in [7, 11) is -4.02. The predicted molar refractivity (Wildman–Crippen MR) is 154 cm³/mol. The topological polar surface area (TPSA) is 133 Å². The van der Waals surface area contributed by atoms with E-state index in [2.05, 4.69) is 37.3 Å². The molecule has 212 valence electrons. The number of aromatic nitrogens is 4. The lowest BCUT2D eigenvalue weighted by molar-refractivity contribution is -0.122. The fourth-order valence-corrected chi connectivity index (χ4v) is 6.68. The van der Waals surface area contributed by atoms with Gasteiger partial charge in [-0.25, -0.2) is 18.1 Å². The van der Waals surface area contributed by atoms with E-state index in [-0.39, 0.29) is 21.5 Å². The number of benzene rings is 2. The molecule has 1 aliphatic heterocycles. The normalized spacial score (nSPS) is 14.7. The molecular weight excluding hydrogens is 530 g/mol. The zero-order chi connectivity index (χ0) is 28.4. The molecule has 0 aliphatic carbocycles. The lowest BCUT2D eigenvalue weighted by Crippen LogP contribution is -2.49. The highest BCUT2D eigenvalue weighted by molar-refractivity contribution is 7.91. The summed E-state index contributed by atoms with van der Waals surface area (Å²) in [5.74, 6) is 0.0513. The van der Waals surface area contributed by atoms with Crippen LogP contribution in [0.15, 0.2) is 51.1 Å². The van der Waals surface area contributed by atoms with E-state index in [9.17, 15) is 18.0 Å². The summed E-state index contributed by atoms with van der Waals surface area (Å²) in [6, 6.07) is 10.5. The van der Waals surface area contributed by atoms with Gasteiger partial charge in [0.1, 0.15) is 0 Å². The molecule has 5 rings (SSSR count). The Morgan fingerprint density at radius 2 is 1.82 bits per heavy atom. The van der Waals surface area contributed by atoms with Gasteiger partial charge in [0.15, 0.2) is 5.65 Å². The second-order valence-electron chi connectivity index (χ2n) is 10.4. The van der Waals surface area contributed by atoms with Crippen molar-refractivity contribution in [3.8, 4) is 0 Å². The zero-order valence-corrected chi connectivity index (χ0v) is 23.9. The summed E-state index contributed by atoms with van der Waals surface area (Å²) in [6.07, 6.45) is 3.23. The maximum atomic E-state index is 13.5. The number of hydrogen-bond donors (Lipinski definition) is 2. The van der Waals surface area contributed by atoms with Gasteiger partial charge in [0, 0.05) is 38.4 Å². The van der Waals surface area contributed by atoms with Crippen molar-refractivity contribution in [2.45, 2.75) is 50.0 Å². The first-order valence-corrected chi connectivity index (χ1v) is 15.1. The Kier molecular flexibility index (Phi) is 7.90. The van der Waals surface area contributed by atoms with E-state index < -0.39 is 15.4 Å². The number of piperazine rings is 1. The van der Waals surface area contributed by atoms with Crippen molar-refractivity contribution in [2.24, 2.45) is 0 Å². The molecule has 2 aromatic heterocycles. The van der Waals surface area contributed by atoms with Gasteiger partial charge in [-0.2, -0.15) is 4.98 Å². The van der Waals surface area contributed by atoms with Gasteiger partial charge >= 0.3 is 0 Å². The predicted octanol–water partition coefficient (Wildman–Crippen LogP) is 2.45. The summed E-state index contributed by atoms with van der Waals surface area (Å²) in [4.78, 5) is 33.8. The number of anilines is 1. The minimum Gasteiger partial charge on any atom is -0.369 e. The van der Waals surface area contributed by atoms with Crippen LogP contribution >= 0.6 is 0 Å². The Morgan fingerprint density at radius 3 is 2.55 bits per heavy atom. The van der Waals surface area contributed by atoms with Gasteiger partial charge in [-0.3, -0.25) is 14.5 Å². The monoisotopic (exact) mass is 565 g/mol. The number of H-pyrrole nitrogens is 1. The molecule has 11 nitrogen and oxygen atoms in total. The van der Waals surface area contributed by atoms with Crippen LogP contribution in [-0.4, -0.2) is 78.3 Å². The van der Waals surface area contributed by atoms with E-state index >= 15 is 0 Å². The van der Waals surface area contributed by atoms with Crippen LogP contribution < -0.4 is 15.8 Å². The Morgan fingerprint density at radius 1 is 1.05 bits per heavy atom. The molecule has 4 aromatic rings. The van der Waals surface area contributed by atoms with Crippen molar-refractivity contribution >= 4 is 38.0 Å². The van der Waals surface area contributed by atoms with Gasteiger partial charge in [0.05, 0.1) is 22.3 Å². The first kappa shape index (κ1) is 27.8. The number of nitrogens with one attached hydrogen (secondary N) is 2. The van der Waals surface area contributed by atoms with E-state index in [4.69, 9.17) is 0 Å². The van der Waals surface area contributed by atoms with Crippen molar-refractivity contribution in [1.29, 1.82) is 0 Å². The van der Waals surface area contributed by atoms with Crippen molar-refractivity contribution in [2.75, 3.05) is 44.2 Å². The second kappa shape index (κ2) is 11.4. The number of sulfone groups is 1. The minimum atomic E-state index is -4.02. The summed E-state index contributed by atoms with van der Waals surface area (Å²) in [5.41, 5.74) is 2.38. The molecule has 0 spiro atoms. The molecule has 1 aliphatic rings. The highest BCUT2D eigenvalue weighted by atomic mass is 32.2. The van der Waals surface area contributed by atoms with E-state index in [1.807, 2.05) is 19.1 Å². The second-order valence-corrected chi connectivity index (χ2v) is 12.2. The quantitative estimate of drug-likeness (QED) is 0.296. The molecule has 12 heteroatoms. The van der Waals surface area contributed by atoms with Crippen LogP contribution in [0.4, 0.5) is 5.69 Å². The van der Waals surface area contributed by atoms with Crippen LogP contribution in [0.2, 0.25) is 0 Å².